The van der Waals surface area contributed by atoms with E-state index in [1.807, 2.05) is 19.1 Å². The maximum absolute atomic E-state index is 4.24. The summed E-state index contributed by atoms with van der Waals surface area (Å²) in [6, 6.07) is 8.26. The first kappa shape index (κ1) is 11.8. The number of nitrogens with zero attached hydrogens (tertiary/aromatic N) is 2. The SMILES string of the molecule is Cc1nnc(NCCC(C)C)c2ccccc12. The normalized spacial score (nSPS) is 11.1. The second kappa shape index (κ2) is 5.13. The van der Waals surface area contributed by atoms with E-state index < -0.39 is 0 Å². The van der Waals surface area contributed by atoms with Gasteiger partial charge in [-0.2, -0.15) is 5.10 Å². The highest BCUT2D eigenvalue weighted by atomic mass is 15.2. The van der Waals surface area contributed by atoms with Crippen LogP contribution in [0.5, 0.6) is 0 Å². The molecular weight excluding hydrogens is 210 g/mol. The van der Waals surface area contributed by atoms with Crippen molar-refractivity contribution in [2.75, 3.05) is 11.9 Å². The van der Waals surface area contributed by atoms with Crippen molar-refractivity contribution >= 4 is 16.6 Å². The Balaban J connectivity index is 2.26. The summed E-state index contributed by atoms with van der Waals surface area (Å²) in [5, 5.41) is 14.1. The number of fused-ring (bicyclic) bond motifs is 1. The van der Waals surface area contributed by atoms with Crippen molar-refractivity contribution in [3.8, 4) is 0 Å². The van der Waals surface area contributed by atoms with E-state index in [4.69, 9.17) is 0 Å². The lowest BCUT2D eigenvalue weighted by Gasteiger charge is -2.10. The van der Waals surface area contributed by atoms with Crippen LogP contribution in [0.4, 0.5) is 5.82 Å². The number of nitrogens with one attached hydrogen (secondary N) is 1. The van der Waals surface area contributed by atoms with Crippen molar-refractivity contribution < 1.29 is 0 Å². The predicted molar refractivity (Wildman–Crippen MR) is 72.2 cm³/mol. The minimum Gasteiger partial charge on any atom is -0.368 e. The first-order valence-electron chi connectivity index (χ1n) is 6.14. The third-order valence-electron chi connectivity index (χ3n) is 2.89. The molecule has 1 aromatic carbocycles. The Bertz CT molecular complexity index is 506. The average molecular weight is 229 g/mol. The molecule has 0 aliphatic rings. The van der Waals surface area contributed by atoms with Crippen LogP contribution >= 0.6 is 0 Å². The van der Waals surface area contributed by atoms with E-state index in [9.17, 15) is 0 Å². The summed E-state index contributed by atoms with van der Waals surface area (Å²) in [5.74, 6) is 1.60. The number of hydrogen-bond donors (Lipinski definition) is 1. The van der Waals surface area contributed by atoms with Gasteiger partial charge in [0.25, 0.3) is 0 Å². The second-order valence-corrected chi connectivity index (χ2v) is 4.79. The molecule has 0 saturated heterocycles. The van der Waals surface area contributed by atoms with Gasteiger partial charge in [0.2, 0.25) is 0 Å². The van der Waals surface area contributed by atoms with Crippen molar-refractivity contribution in [2.45, 2.75) is 27.2 Å². The largest absolute Gasteiger partial charge is 0.368 e. The van der Waals surface area contributed by atoms with Crippen molar-refractivity contribution in [3.63, 3.8) is 0 Å². The molecule has 0 atom stereocenters. The fraction of sp³-hybridized carbons (Fsp3) is 0.429. The lowest BCUT2D eigenvalue weighted by atomic mass is 10.1. The Hall–Kier alpha value is -1.64. The maximum Gasteiger partial charge on any atom is 0.156 e. The van der Waals surface area contributed by atoms with Crippen LogP contribution in [0, 0.1) is 12.8 Å². The van der Waals surface area contributed by atoms with Gasteiger partial charge in [0.15, 0.2) is 5.82 Å². The van der Waals surface area contributed by atoms with Crippen molar-refractivity contribution in [1.82, 2.24) is 10.2 Å². The van der Waals surface area contributed by atoms with Gasteiger partial charge < -0.3 is 5.32 Å². The molecule has 0 unspecified atom stereocenters. The molecular formula is C14H19N3. The van der Waals surface area contributed by atoms with Crippen LogP contribution in [0.15, 0.2) is 24.3 Å². The molecule has 0 saturated carbocycles. The van der Waals surface area contributed by atoms with Gasteiger partial charge in [0.05, 0.1) is 5.69 Å². The van der Waals surface area contributed by atoms with E-state index in [0.29, 0.717) is 5.92 Å². The summed E-state index contributed by atoms with van der Waals surface area (Å²) in [6.45, 7) is 7.38. The summed E-state index contributed by atoms with van der Waals surface area (Å²) in [5.41, 5.74) is 0.981. The summed E-state index contributed by atoms with van der Waals surface area (Å²) in [7, 11) is 0. The summed E-state index contributed by atoms with van der Waals surface area (Å²) in [4.78, 5) is 0. The van der Waals surface area contributed by atoms with Gasteiger partial charge in [-0.25, -0.2) is 0 Å². The molecule has 0 amide bonds. The number of benzene rings is 1. The maximum atomic E-state index is 4.24. The molecule has 0 spiro atoms. The zero-order chi connectivity index (χ0) is 12.3. The molecule has 2 aromatic rings. The molecule has 0 aliphatic carbocycles. The molecule has 3 heteroatoms. The number of aromatic nitrogens is 2. The Morgan fingerprint density at radius 2 is 1.82 bits per heavy atom. The molecule has 2 rings (SSSR count). The fourth-order valence-electron chi connectivity index (χ4n) is 1.85. The van der Waals surface area contributed by atoms with E-state index in [-0.39, 0.29) is 0 Å². The Kier molecular flexibility index (Phi) is 3.57. The standard InChI is InChI=1S/C14H19N3/c1-10(2)8-9-15-14-13-7-5-4-6-12(13)11(3)16-17-14/h4-7,10H,8-9H2,1-3H3,(H,15,17). The highest BCUT2D eigenvalue weighted by Crippen LogP contribution is 2.22. The molecule has 0 fully saturated rings. The first-order chi connectivity index (χ1) is 8.18. The molecule has 17 heavy (non-hydrogen) atoms. The van der Waals surface area contributed by atoms with Crippen LogP contribution < -0.4 is 5.32 Å². The zero-order valence-electron chi connectivity index (χ0n) is 10.7. The van der Waals surface area contributed by atoms with E-state index >= 15 is 0 Å². The molecule has 1 N–H and O–H groups in total. The number of anilines is 1. The molecule has 0 radical (unpaired) electrons. The monoisotopic (exact) mass is 229 g/mol. The number of rotatable bonds is 4. The summed E-state index contributed by atoms with van der Waals surface area (Å²) in [6.07, 6.45) is 1.14. The van der Waals surface area contributed by atoms with Crippen LogP contribution in [0.2, 0.25) is 0 Å². The number of aryl methyl sites for hydroxylation is 1. The molecule has 0 aliphatic heterocycles. The first-order valence-corrected chi connectivity index (χ1v) is 6.14. The lowest BCUT2D eigenvalue weighted by Crippen LogP contribution is -2.07. The highest BCUT2D eigenvalue weighted by molar-refractivity contribution is 5.92. The third kappa shape index (κ3) is 2.73. The average Bonchev–Trinajstić information content (AvgIpc) is 2.32. The van der Waals surface area contributed by atoms with Crippen molar-refractivity contribution in [1.29, 1.82) is 0 Å². The van der Waals surface area contributed by atoms with E-state index in [0.717, 1.165) is 29.9 Å². The van der Waals surface area contributed by atoms with Crippen LogP contribution in [0.25, 0.3) is 10.8 Å². The quantitative estimate of drug-likeness (QED) is 0.873. The van der Waals surface area contributed by atoms with Gasteiger partial charge in [-0.05, 0) is 19.3 Å². The van der Waals surface area contributed by atoms with Crippen LogP contribution in [-0.2, 0) is 0 Å². The van der Waals surface area contributed by atoms with Gasteiger partial charge in [0.1, 0.15) is 0 Å². The van der Waals surface area contributed by atoms with Gasteiger partial charge in [-0.15, -0.1) is 5.10 Å². The third-order valence-corrected chi connectivity index (χ3v) is 2.89. The summed E-state index contributed by atoms with van der Waals surface area (Å²) < 4.78 is 0. The van der Waals surface area contributed by atoms with Crippen molar-refractivity contribution in [3.05, 3.63) is 30.0 Å². The molecule has 1 aromatic heterocycles. The van der Waals surface area contributed by atoms with E-state index in [2.05, 4.69) is 41.5 Å². The van der Waals surface area contributed by atoms with Crippen LogP contribution in [-0.4, -0.2) is 16.7 Å². The molecule has 0 bridgehead atoms. The predicted octanol–water partition coefficient (Wildman–Crippen LogP) is 3.40. The van der Waals surface area contributed by atoms with Crippen LogP contribution in [0.3, 0.4) is 0 Å². The van der Waals surface area contributed by atoms with E-state index in [1.54, 1.807) is 0 Å². The van der Waals surface area contributed by atoms with Crippen molar-refractivity contribution in [2.24, 2.45) is 5.92 Å². The van der Waals surface area contributed by atoms with Gasteiger partial charge in [-0.3, -0.25) is 0 Å². The summed E-state index contributed by atoms with van der Waals surface area (Å²) >= 11 is 0. The van der Waals surface area contributed by atoms with Gasteiger partial charge >= 0.3 is 0 Å². The van der Waals surface area contributed by atoms with Gasteiger partial charge in [0, 0.05) is 17.3 Å². The highest BCUT2D eigenvalue weighted by Gasteiger charge is 2.05. The van der Waals surface area contributed by atoms with Crippen LogP contribution in [0.1, 0.15) is 26.0 Å². The van der Waals surface area contributed by atoms with Gasteiger partial charge in [-0.1, -0.05) is 38.1 Å². The fourth-order valence-corrected chi connectivity index (χ4v) is 1.85. The zero-order valence-corrected chi connectivity index (χ0v) is 10.7. The lowest BCUT2D eigenvalue weighted by molar-refractivity contribution is 0.606. The Labute approximate surface area is 102 Å². The minimum absolute atomic E-state index is 0.701. The minimum atomic E-state index is 0.701. The Morgan fingerprint density at radius 1 is 1.12 bits per heavy atom. The second-order valence-electron chi connectivity index (χ2n) is 4.79. The molecule has 90 valence electrons. The van der Waals surface area contributed by atoms with E-state index in [1.165, 1.54) is 5.39 Å². The molecule has 3 nitrogen and oxygen atoms in total. The Morgan fingerprint density at radius 3 is 2.53 bits per heavy atom. The molecule has 1 heterocycles. The topological polar surface area (TPSA) is 37.8 Å². The number of hydrogen-bond acceptors (Lipinski definition) is 3. The smallest absolute Gasteiger partial charge is 0.156 e.